The van der Waals surface area contributed by atoms with Gasteiger partial charge in [0.2, 0.25) is 0 Å². The first kappa shape index (κ1) is 17.2. The molecule has 1 heterocycles. The predicted molar refractivity (Wildman–Crippen MR) is 97.4 cm³/mol. The zero-order chi connectivity index (χ0) is 16.9. The molecular weight excluding hydrogens is 302 g/mol. The molecule has 1 saturated carbocycles. The second-order valence-electron chi connectivity index (χ2n) is 7.18. The second-order valence-corrected chi connectivity index (χ2v) is 7.18. The van der Waals surface area contributed by atoms with Gasteiger partial charge in [-0.15, -0.1) is 0 Å². The third-order valence-electron chi connectivity index (χ3n) is 4.91. The van der Waals surface area contributed by atoms with Gasteiger partial charge in [0.05, 0.1) is 18.0 Å². The highest BCUT2D eigenvalue weighted by molar-refractivity contribution is 5.96. The van der Waals surface area contributed by atoms with E-state index in [1.54, 1.807) is 0 Å². The van der Waals surface area contributed by atoms with Crippen molar-refractivity contribution in [2.24, 2.45) is 5.92 Å². The van der Waals surface area contributed by atoms with E-state index in [1.807, 2.05) is 31.2 Å². The number of ether oxygens (including phenoxy) is 1. The smallest absolute Gasteiger partial charge is 0.253 e. The molecule has 5 heteroatoms. The molecule has 1 aromatic carbocycles. The standard InChI is InChI=1S/C19H29N3O2/c1-14(24-13-15-7-8-15)19(23)21-18-6-4-3-5-17(18)20-16-9-11-22(2)12-10-16/h3-6,14-16,20H,7-13H2,1-2H3,(H,21,23)/t14-/m0/s1. The number of hydrogen-bond acceptors (Lipinski definition) is 4. The summed E-state index contributed by atoms with van der Waals surface area (Å²) >= 11 is 0. The molecule has 3 rings (SSSR count). The van der Waals surface area contributed by atoms with Crippen molar-refractivity contribution in [3.05, 3.63) is 24.3 Å². The van der Waals surface area contributed by atoms with Crippen molar-refractivity contribution < 1.29 is 9.53 Å². The van der Waals surface area contributed by atoms with Crippen LogP contribution in [0.1, 0.15) is 32.6 Å². The second kappa shape index (κ2) is 7.99. The fraction of sp³-hybridized carbons (Fsp3) is 0.632. The first-order valence-corrected chi connectivity index (χ1v) is 9.08. The number of hydrogen-bond donors (Lipinski definition) is 2. The highest BCUT2D eigenvalue weighted by Gasteiger charge is 2.24. The Morgan fingerprint density at radius 2 is 1.88 bits per heavy atom. The van der Waals surface area contributed by atoms with Crippen LogP contribution in [-0.2, 0) is 9.53 Å². The highest BCUT2D eigenvalue weighted by atomic mass is 16.5. The molecular formula is C19H29N3O2. The van der Waals surface area contributed by atoms with Gasteiger partial charge in [-0.2, -0.15) is 0 Å². The molecule has 0 unspecified atom stereocenters. The van der Waals surface area contributed by atoms with Gasteiger partial charge in [0, 0.05) is 6.04 Å². The van der Waals surface area contributed by atoms with E-state index in [-0.39, 0.29) is 5.91 Å². The van der Waals surface area contributed by atoms with Crippen LogP contribution >= 0.6 is 0 Å². The molecule has 5 nitrogen and oxygen atoms in total. The van der Waals surface area contributed by atoms with Crippen LogP contribution in [-0.4, -0.2) is 49.7 Å². The molecule has 1 atom stereocenters. The maximum absolute atomic E-state index is 12.4. The van der Waals surface area contributed by atoms with Gasteiger partial charge >= 0.3 is 0 Å². The number of benzene rings is 1. The average molecular weight is 331 g/mol. The van der Waals surface area contributed by atoms with Gasteiger partial charge in [0.1, 0.15) is 6.10 Å². The number of carbonyl (C=O) groups excluding carboxylic acids is 1. The largest absolute Gasteiger partial charge is 0.381 e. The van der Waals surface area contributed by atoms with Gasteiger partial charge in [-0.3, -0.25) is 4.79 Å². The molecule has 24 heavy (non-hydrogen) atoms. The average Bonchev–Trinajstić information content (AvgIpc) is 3.41. The number of piperidine rings is 1. The van der Waals surface area contributed by atoms with Crippen molar-refractivity contribution >= 4 is 17.3 Å². The lowest BCUT2D eigenvalue weighted by Gasteiger charge is -2.30. The van der Waals surface area contributed by atoms with Gasteiger partial charge in [0.15, 0.2) is 0 Å². The van der Waals surface area contributed by atoms with Crippen LogP contribution in [0.5, 0.6) is 0 Å². The summed E-state index contributed by atoms with van der Waals surface area (Å²) in [5.41, 5.74) is 1.83. The lowest BCUT2D eigenvalue weighted by molar-refractivity contribution is -0.126. The maximum atomic E-state index is 12.4. The van der Waals surface area contributed by atoms with Crippen LogP contribution in [0.25, 0.3) is 0 Å². The van der Waals surface area contributed by atoms with Crippen molar-refractivity contribution in [1.82, 2.24) is 4.90 Å². The minimum absolute atomic E-state index is 0.0757. The van der Waals surface area contributed by atoms with Crippen molar-refractivity contribution in [3.8, 4) is 0 Å². The molecule has 0 radical (unpaired) electrons. The quantitative estimate of drug-likeness (QED) is 0.806. The van der Waals surface area contributed by atoms with Crippen molar-refractivity contribution in [2.75, 3.05) is 37.4 Å². The zero-order valence-electron chi connectivity index (χ0n) is 14.8. The van der Waals surface area contributed by atoms with Gasteiger partial charge in [0.25, 0.3) is 5.91 Å². The number of likely N-dealkylation sites (tertiary alicyclic amines) is 1. The normalized spacial score (nSPS) is 20.6. The lowest BCUT2D eigenvalue weighted by Crippen LogP contribution is -2.37. The molecule has 0 aromatic heterocycles. The molecule has 1 saturated heterocycles. The van der Waals surface area contributed by atoms with Crippen molar-refractivity contribution in [3.63, 3.8) is 0 Å². The molecule has 132 valence electrons. The number of para-hydroxylation sites is 2. The number of nitrogens with one attached hydrogen (secondary N) is 2. The van der Waals surface area contributed by atoms with Crippen molar-refractivity contribution in [1.29, 1.82) is 0 Å². The molecule has 0 bridgehead atoms. The predicted octanol–water partition coefficient (Wildman–Crippen LogP) is 2.95. The fourth-order valence-electron chi connectivity index (χ4n) is 2.97. The Kier molecular flexibility index (Phi) is 5.74. The van der Waals surface area contributed by atoms with Gasteiger partial charge in [-0.25, -0.2) is 0 Å². The number of carbonyl (C=O) groups is 1. The van der Waals surface area contributed by atoms with E-state index in [9.17, 15) is 4.79 Å². The van der Waals surface area contributed by atoms with Gasteiger partial charge < -0.3 is 20.3 Å². The summed E-state index contributed by atoms with van der Waals surface area (Å²) in [5, 5.41) is 6.61. The minimum Gasteiger partial charge on any atom is -0.381 e. The number of amides is 1. The van der Waals surface area contributed by atoms with Crippen LogP contribution in [0, 0.1) is 5.92 Å². The molecule has 1 aliphatic carbocycles. The van der Waals surface area contributed by atoms with Crippen LogP contribution < -0.4 is 10.6 Å². The molecule has 2 aliphatic rings. The SMILES string of the molecule is C[C@H](OCC1CC1)C(=O)Nc1ccccc1NC1CCN(C)CC1. The number of nitrogens with zero attached hydrogens (tertiary/aromatic N) is 1. The summed E-state index contributed by atoms with van der Waals surface area (Å²) < 4.78 is 5.66. The van der Waals surface area contributed by atoms with Crippen LogP contribution in [0.4, 0.5) is 11.4 Å². The minimum atomic E-state index is -0.415. The number of anilines is 2. The summed E-state index contributed by atoms with van der Waals surface area (Å²) in [6.07, 6.45) is 4.30. The van der Waals surface area contributed by atoms with E-state index in [0.29, 0.717) is 18.6 Å². The first-order chi connectivity index (χ1) is 11.6. The molecule has 0 spiro atoms. The molecule has 1 amide bonds. The van der Waals surface area contributed by atoms with Crippen LogP contribution in [0.2, 0.25) is 0 Å². The van der Waals surface area contributed by atoms with Crippen LogP contribution in [0.15, 0.2) is 24.3 Å². The maximum Gasteiger partial charge on any atom is 0.253 e. The Labute approximate surface area is 144 Å². The molecule has 2 N–H and O–H groups in total. The Balaban J connectivity index is 1.55. The summed E-state index contributed by atoms with van der Waals surface area (Å²) in [4.78, 5) is 14.7. The lowest BCUT2D eigenvalue weighted by atomic mass is 10.0. The Hall–Kier alpha value is -1.59. The number of rotatable bonds is 7. The Morgan fingerprint density at radius 1 is 1.21 bits per heavy atom. The monoisotopic (exact) mass is 331 g/mol. The Bertz CT molecular complexity index is 551. The summed E-state index contributed by atoms with van der Waals surface area (Å²) in [6.45, 7) is 4.74. The van der Waals surface area contributed by atoms with E-state index in [4.69, 9.17) is 4.74 Å². The van der Waals surface area contributed by atoms with E-state index in [1.165, 1.54) is 12.8 Å². The first-order valence-electron chi connectivity index (χ1n) is 9.08. The molecule has 1 aromatic rings. The fourth-order valence-corrected chi connectivity index (χ4v) is 2.97. The third kappa shape index (κ3) is 4.95. The molecule has 2 fully saturated rings. The van der Waals surface area contributed by atoms with Gasteiger partial charge in [-0.05, 0) is 70.8 Å². The highest BCUT2D eigenvalue weighted by Crippen LogP contribution is 2.29. The van der Waals surface area contributed by atoms with E-state index in [2.05, 4.69) is 22.6 Å². The Morgan fingerprint density at radius 3 is 2.54 bits per heavy atom. The van der Waals surface area contributed by atoms with Crippen molar-refractivity contribution in [2.45, 2.75) is 44.8 Å². The summed E-state index contributed by atoms with van der Waals surface area (Å²) in [7, 11) is 2.16. The zero-order valence-corrected chi connectivity index (χ0v) is 14.8. The summed E-state index contributed by atoms with van der Waals surface area (Å²) in [5.74, 6) is 0.590. The third-order valence-corrected chi connectivity index (χ3v) is 4.91. The van der Waals surface area contributed by atoms with E-state index in [0.717, 1.165) is 37.3 Å². The van der Waals surface area contributed by atoms with Gasteiger partial charge in [-0.1, -0.05) is 12.1 Å². The summed E-state index contributed by atoms with van der Waals surface area (Å²) in [6, 6.07) is 8.39. The van der Waals surface area contributed by atoms with Crippen LogP contribution in [0.3, 0.4) is 0 Å². The van der Waals surface area contributed by atoms with E-state index >= 15 is 0 Å². The topological polar surface area (TPSA) is 53.6 Å². The molecule has 1 aliphatic heterocycles. The van der Waals surface area contributed by atoms with E-state index < -0.39 is 6.10 Å².